The molecule has 5 heteroatoms. The zero-order chi connectivity index (χ0) is 17.6. The number of fused-ring (bicyclic) bond motifs is 3. The Bertz CT molecular complexity index is 1030. The molecule has 4 rings (SSSR count). The van der Waals surface area contributed by atoms with Crippen molar-refractivity contribution >= 4 is 22.6 Å². The molecule has 1 atom stereocenters. The molecule has 128 valence electrons. The molecule has 2 heterocycles. The number of quaternary nitrogens is 1. The van der Waals surface area contributed by atoms with Gasteiger partial charge in [-0.15, -0.1) is 0 Å². The Hall–Kier alpha value is -2.30. The predicted octanol–water partition coefficient (Wildman–Crippen LogP) is 3.00. The molecule has 0 spiro atoms. The van der Waals surface area contributed by atoms with E-state index in [0.717, 1.165) is 45.9 Å². The quantitative estimate of drug-likeness (QED) is 0.718. The monoisotopic (exact) mass is 356 g/mol. The molecule has 0 bridgehead atoms. The second kappa shape index (κ2) is 6.21. The summed E-state index contributed by atoms with van der Waals surface area (Å²) < 4.78 is 11.5. The summed E-state index contributed by atoms with van der Waals surface area (Å²) in [6, 6.07) is 11.8. The van der Waals surface area contributed by atoms with Gasteiger partial charge in [-0.25, -0.2) is 4.79 Å². The fraction of sp³-hybridized carbons (Fsp3) is 0.250. The smallest absolute Gasteiger partial charge is 0.339 e. The molecule has 0 amide bonds. The van der Waals surface area contributed by atoms with Crippen LogP contribution in [0.1, 0.15) is 22.3 Å². The molecule has 4 nitrogen and oxygen atoms in total. The van der Waals surface area contributed by atoms with Gasteiger partial charge in [0.05, 0.1) is 5.56 Å². The normalized spacial score (nSPS) is 16.5. The Kier molecular flexibility index (Phi) is 4.02. The van der Waals surface area contributed by atoms with Gasteiger partial charge in [0, 0.05) is 21.5 Å². The largest absolute Gasteiger partial charge is 0.445 e. The van der Waals surface area contributed by atoms with E-state index in [0.29, 0.717) is 17.9 Å². The summed E-state index contributed by atoms with van der Waals surface area (Å²) in [5.41, 5.74) is 4.02. The predicted molar refractivity (Wildman–Crippen MR) is 97.3 cm³/mol. The lowest BCUT2D eigenvalue weighted by Gasteiger charge is -2.27. The van der Waals surface area contributed by atoms with Crippen LogP contribution in [0.4, 0.5) is 0 Å². The third-order valence-electron chi connectivity index (χ3n) is 4.94. The van der Waals surface area contributed by atoms with Gasteiger partial charge < -0.3 is 9.15 Å². The van der Waals surface area contributed by atoms with Gasteiger partial charge in [0.25, 0.3) is 0 Å². The van der Waals surface area contributed by atoms with E-state index in [2.05, 4.69) is 0 Å². The molecule has 0 saturated heterocycles. The van der Waals surface area contributed by atoms with Gasteiger partial charge in [0.1, 0.15) is 18.8 Å². The van der Waals surface area contributed by atoms with Crippen molar-refractivity contribution < 1.29 is 14.1 Å². The van der Waals surface area contributed by atoms with Gasteiger partial charge in [-0.2, -0.15) is 0 Å². The van der Waals surface area contributed by atoms with E-state index >= 15 is 0 Å². The van der Waals surface area contributed by atoms with Crippen LogP contribution in [-0.4, -0.2) is 6.73 Å². The van der Waals surface area contributed by atoms with Crippen LogP contribution < -0.4 is 15.3 Å². The third kappa shape index (κ3) is 2.81. The van der Waals surface area contributed by atoms with Crippen LogP contribution in [-0.2, 0) is 13.1 Å². The minimum absolute atomic E-state index is 0.281. The summed E-state index contributed by atoms with van der Waals surface area (Å²) in [5, 5.41) is 1.73. The summed E-state index contributed by atoms with van der Waals surface area (Å²) in [4.78, 5) is 13.3. The minimum atomic E-state index is -0.281. The fourth-order valence-corrected chi connectivity index (χ4v) is 3.56. The molecular weight excluding hydrogens is 338 g/mol. The summed E-state index contributed by atoms with van der Waals surface area (Å²) in [5.74, 6) is 0.793. The number of aryl methyl sites for hydroxylation is 1. The zero-order valence-electron chi connectivity index (χ0n) is 14.2. The fourth-order valence-electron chi connectivity index (χ4n) is 3.35. The van der Waals surface area contributed by atoms with Crippen molar-refractivity contribution in [3.8, 4) is 5.75 Å². The SMILES string of the molecule is Cc1c(C)c2ccc3c(c2oc1=O)C[NH+](Cc1ccccc1Cl)CO3. The highest BCUT2D eigenvalue weighted by Gasteiger charge is 2.25. The van der Waals surface area contributed by atoms with E-state index in [1.165, 1.54) is 4.90 Å². The Labute approximate surface area is 150 Å². The molecule has 1 aliphatic heterocycles. The molecule has 0 aliphatic carbocycles. The van der Waals surface area contributed by atoms with Gasteiger partial charge in [-0.1, -0.05) is 29.8 Å². The van der Waals surface area contributed by atoms with E-state index < -0.39 is 0 Å². The van der Waals surface area contributed by atoms with Crippen molar-refractivity contribution in [1.82, 2.24) is 0 Å². The third-order valence-corrected chi connectivity index (χ3v) is 5.31. The van der Waals surface area contributed by atoms with Crippen molar-refractivity contribution in [3.05, 3.63) is 74.1 Å². The lowest BCUT2D eigenvalue weighted by atomic mass is 10.0. The second-order valence-corrected chi connectivity index (χ2v) is 6.95. The first-order valence-corrected chi connectivity index (χ1v) is 8.68. The molecule has 0 radical (unpaired) electrons. The molecule has 1 unspecified atom stereocenters. The molecule has 0 fully saturated rings. The first kappa shape index (κ1) is 16.2. The summed E-state index contributed by atoms with van der Waals surface area (Å²) in [6.45, 7) is 5.79. The highest BCUT2D eigenvalue weighted by molar-refractivity contribution is 6.31. The van der Waals surface area contributed by atoms with E-state index in [-0.39, 0.29) is 5.63 Å². The maximum atomic E-state index is 12.1. The van der Waals surface area contributed by atoms with Gasteiger partial charge in [-0.3, -0.25) is 4.90 Å². The molecule has 1 aromatic heterocycles. The second-order valence-electron chi connectivity index (χ2n) is 6.54. The number of rotatable bonds is 2. The van der Waals surface area contributed by atoms with E-state index in [1.54, 1.807) is 6.92 Å². The van der Waals surface area contributed by atoms with Crippen molar-refractivity contribution in [2.24, 2.45) is 0 Å². The van der Waals surface area contributed by atoms with E-state index in [1.807, 2.05) is 43.3 Å². The lowest BCUT2D eigenvalue weighted by molar-refractivity contribution is -0.945. The Morgan fingerprint density at radius 2 is 1.92 bits per heavy atom. The average molecular weight is 357 g/mol. The van der Waals surface area contributed by atoms with Gasteiger partial charge in [0.15, 0.2) is 5.58 Å². The summed E-state index contributed by atoms with van der Waals surface area (Å²) in [6.07, 6.45) is 0. The van der Waals surface area contributed by atoms with Crippen molar-refractivity contribution in [1.29, 1.82) is 0 Å². The van der Waals surface area contributed by atoms with Crippen LogP contribution in [0.2, 0.25) is 5.02 Å². The molecule has 25 heavy (non-hydrogen) atoms. The number of hydrogen-bond donors (Lipinski definition) is 1. The van der Waals surface area contributed by atoms with E-state index in [9.17, 15) is 4.79 Å². The van der Waals surface area contributed by atoms with Crippen LogP contribution in [0.5, 0.6) is 5.75 Å². The van der Waals surface area contributed by atoms with Crippen LogP contribution >= 0.6 is 11.6 Å². The lowest BCUT2D eigenvalue weighted by Crippen LogP contribution is -3.10. The van der Waals surface area contributed by atoms with Crippen LogP contribution in [0.15, 0.2) is 45.6 Å². The van der Waals surface area contributed by atoms with Crippen LogP contribution in [0.3, 0.4) is 0 Å². The highest BCUT2D eigenvalue weighted by Crippen LogP contribution is 2.30. The van der Waals surface area contributed by atoms with Gasteiger partial charge in [0.2, 0.25) is 6.73 Å². The summed E-state index contributed by atoms with van der Waals surface area (Å²) in [7, 11) is 0. The molecule has 1 aliphatic rings. The number of nitrogens with one attached hydrogen (secondary N) is 1. The number of ether oxygens (including phenoxy) is 1. The zero-order valence-corrected chi connectivity index (χ0v) is 14.9. The maximum Gasteiger partial charge on any atom is 0.339 e. The molecular formula is C20H19ClNO3+. The average Bonchev–Trinajstić information content (AvgIpc) is 2.62. The standard InChI is InChI=1S/C20H18ClNO3/c1-12-13(2)20(23)25-19-15(12)7-8-18-16(19)10-22(11-24-18)9-14-5-3-4-6-17(14)21/h3-8H,9-11H2,1-2H3/p+1. The number of benzene rings is 2. The summed E-state index contributed by atoms with van der Waals surface area (Å²) >= 11 is 6.28. The van der Waals surface area contributed by atoms with Gasteiger partial charge in [-0.05, 0) is 37.6 Å². The highest BCUT2D eigenvalue weighted by atomic mass is 35.5. The van der Waals surface area contributed by atoms with Crippen LogP contribution in [0.25, 0.3) is 11.0 Å². The molecule has 1 N–H and O–H groups in total. The Morgan fingerprint density at radius 1 is 1.12 bits per heavy atom. The first-order chi connectivity index (χ1) is 12.0. The number of hydrogen-bond acceptors (Lipinski definition) is 3. The molecule has 3 aromatic rings. The van der Waals surface area contributed by atoms with Crippen molar-refractivity contribution in [2.75, 3.05) is 6.73 Å². The van der Waals surface area contributed by atoms with E-state index in [4.69, 9.17) is 20.8 Å². The van der Waals surface area contributed by atoms with Gasteiger partial charge >= 0.3 is 5.63 Å². The van der Waals surface area contributed by atoms with Crippen molar-refractivity contribution in [2.45, 2.75) is 26.9 Å². The Morgan fingerprint density at radius 3 is 2.72 bits per heavy atom. The van der Waals surface area contributed by atoms with Crippen molar-refractivity contribution in [3.63, 3.8) is 0 Å². The molecule has 0 saturated carbocycles. The topological polar surface area (TPSA) is 43.9 Å². The molecule has 2 aromatic carbocycles. The van der Waals surface area contributed by atoms with Crippen LogP contribution in [0, 0.1) is 13.8 Å². The maximum absolute atomic E-state index is 12.1. The minimum Gasteiger partial charge on any atom is -0.445 e. The Balaban J connectivity index is 1.75. The number of halogens is 1. The first-order valence-electron chi connectivity index (χ1n) is 8.30.